The fourth-order valence-corrected chi connectivity index (χ4v) is 3.27. The maximum absolute atomic E-state index is 12.7. The Kier molecular flexibility index (Phi) is 5.22. The third kappa shape index (κ3) is 3.55. The van der Waals surface area contributed by atoms with E-state index in [1.54, 1.807) is 31.4 Å². The number of rotatable bonds is 6. The molecular weight excluding hydrogens is 336 g/mol. The Morgan fingerprint density at radius 2 is 2.12 bits per heavy atom. The molecule has 0 saturated heterocycles. The van der Waals surface area contributed by atoms with Gasteiger partial charge in [0, 0.05) is 36.5 Å². The van der Waals surface area contributed by atoms with Crippen molar-refractivity contribution in [2.75, 3.05) is 19.0 Å². The molecule has 0 radical (unpaired) electrons. The Balaban J connectivity index is 1.72. The summed E-state index contributed by atoms with van der Waals surface area (Å²) in [6.45, 7) is 3.01. The quantitative estimate of drug-likeness (QED) is 0.728. The summed E-state index contributed by atoms with van der Waals surface area (Å²) < 4.78 is 5.12. The van der Waals surface area contributed by atoms with Gasteiger partial charge in [-0.25, -0.2) is 4.79 Å². The van der Waals surface area contributed by atoms with Crippen molar-refractivity contribution < 1.29 is 19.4 Å². The minimum atomic E-state index is -1.06. The van der Waals surface area contributed by atoms with E-state index in [2.05, 4.69) is 15.5 Å². The van der Waals surface area contributed by atoms with Crippen LogP contribution >= 0.6 is 0 Å². The van der Waals surface area contributed by atoms with Gasteiger partial charge in [0.1, 0.15) is 5.75 Å². The highest BCUT2D eigenvalue weighted by atomic mass is 16.5. The maximum atomic E-state index is 12.7. The van der Waals surface area contributed by atoms with Crippen LogP contribution < -0.4 is 10.1 Å². The number of methoxy groups -OCH3 is 1. The number of carboxylic acid groups (broad SMARTS) is 1. The molecule has 8 nitrogen and oxygen atoms in total. The molecule has 1 amide bonds. The number of aromatic amines is 1. The molecule has 3 N–H and O–H groups in total. The van der Waals surface area contributed by atoms with Crippen molar-refractivity contribution in [2.45, 2.75) is 32.4 Å². The fourth-order valence-electron chi connectivity index (χ4n) is 3.27. The monoisotopic (exact) mass is 358 g/mol. The van der Waals surface area contributed by atoms with Crippen LogP contribution in [0.5, 0.6) is 5.75 Å². The summed E-state index contributed by atoms with van der Waals surface area (Å²) in [5.41, 5.74) is 2.24. The van der Waals surface area contributed by atoms with Crippen LogP contribution in [0.1, 0.15) is 35.1 Å². The van der Waals surface area contributed by atoms with Gasteiger partial charge >= 0.3 is 5.97 Å². The minimum Gasteiger partial charge on any atom is -0.497 e. The van der Waals surface area contributed by atoms with Crippen LogP contribution in [0.2, 0.25) is 0 Å². The van der Waals surface area contributed by atoms with Gasteiger partial charge in [-0.3, -0.25) is 14.8 Å². The van der Waals surface area contributed by atoms with E-state index >= 15 is 0 Å². The number of nitrogens with zero attached hydrogens (tertiary/aromatic N) is 2. The summed E-state index contributed by atoms with van der Waals surface area (Å²) in [7, 11) is 1.59. The molecule has 0 bridgehead atoms. The first-order chi connectivity index (χ1) is 12.5. The first-order valence-electron chi connectivity index (χ1n) is 8.51. The van der Waals surface area contributed by atoms with E-state index in [1.165, 1.54) is 0 Å². The number of amides is 1. The fraction of sp³-hybridized carbons (Fsp3) is 0.389. The van der Waals surface area contributed by atoms with Gasteiger partial charge in [-0.05, 0) is 30.7 Å². The lowest BCUT2D eigenvalue weighted by atomic mass is 10.0. The predicted octanol–water partition coefficient (Wildman–Crippen LogP) is 1.89. The number of anilines is 1. The maximum Gasteiger partial charge on any atom is 0.356 e. The smallest absolute Gasteiger partial charge is 0.356 e. The van der Waals surface area contributed by atoms with Gasteiger partial charge in [0.05, 0.1) is 13.2 Å². The molecule has 1 atom stereocenters. The zero-order valence-electron chi connectivity index (χ0n) is 14.8. The Hall–Kier alpha value is -2.87. The topological polar surface area (TPSA) is 108 Å². The largest absolute Gasteiger partial charge is 0.497 e. The van der Waals surface area contributed by atoms with Crippen molar-refractivity contribution in [1.29, 1.82) is 0 Å². The number of aromatic nitrogens is 2. The van der Waals surface area contributed by atoms with Crippen molar-refractivity contribution in [1.82, 2.24) is 15.1 Å². The number of benzene rings is 1. The summed E-state index contributed by atoms with van der Waals surface area (Å²) in [5.74, 6) is -0.443. The second-order valence-corrected chi connectivity index (χ2v) is 6.20. The molecule has 0 aliphatic carbocycles. The van der Waals surface area contributed by atoms with Crippen LogP contribution in [-0.4, -0.2) is 51.8 Å². The Bertz CT molecular complexity index is 800. The van der Waals surface area contributed by atoms with E-state index in [9.17, 15) is 14.7 Å². The summed E-state index contributed by atoms with van der Waals surface area (Å²) in [6, 6.07) is 6.80. The lowest BCUT2D eigenvalue weighted by Crippen LogP contribution is -2.46. The van der Waals surface area contributed by atoms with Crippen LogP contribution in [0, 0.1) is 0 Å². The standard InChI is InChI=1S/C18H22N4O4/c1-3-15(17(23)19-11-4-6-12(26-2)7-5-11)22-9-8-14-13(10-22)16(18(24)25)21-20-14/h4-7,15H,3,8-10H2,1-2H3,(H,19,23)(H,20,21)(H,24,25). The molecule has 2 aromatic rings. The molecule has 0 saturated carbocycles. The number of H-pyrrole nitrogens is 1. The van der Waals surface area contributed by atoms with Gasteiger partial charge in [0.2, 0.25) is 5.91 Å². The molecule has 1 aliphatic rings. The molecule has 0 fully saturated rings. The highest BCUT2D eigenvalue weighted by Crippen LogP contribution is 2.24. The Morgan fingerprint density at radius 3 is 2.73 bits per heavy atom. The summed E-state index contributed by atoms with van der Waals surface area (Å²) in [5, 5.41) is 18.9. The third-order valence-corrected chi connectivity index (χ3v) is 4.65. The molecule has 1 aromatic carbocycles. The van der Waals surface area contributed by atoms with Crippen molar-refractivity contribution in [3.05, 3.63) is 41.2 Å². The minimum absolute atomic E-state index is 0.0371. The molecule has 2 heterocycles. The number of ether oxygens (including phenoxy) is 1. The average molecular weight is 358 g/mol. The number of hydrogen-bond acceptors (Lipinski definition) is 5. The van der Waals surface area contributed by atoms with E-state index in [4.69, 9.17) is 4.74 Å². The number of carboxylic acids is 1. The lowest BCUT2D eigenvalue weighted by molar-refractivity contribution is -0.121. The number of fused-ring (bicyclic) bond motifs is 1. The second-order valence-electron chi connectivity index (χ2n) is 6.20. The molecule has 1 unspecified atom stereocenters. The lowest BCUT2D eigenvalue weighted by Gasteiger charge is -2.33. The van der Waals surface area contributed by atoms with Crippen LogP contribution in [0.25, 0.3) is 0 Å². The zero-order chi connectivity index (χ0) is 18.7. The second kappa shape index (κ2) is 7.57. The van der Waals surface area contributed by atoms with Crippen LogP contribution in [0.3, 0.4) is 0 Å². The molecule has 0 spiro atoms. The molecule has 3 rings (SSSR count). The zero-order valence-corrected chi connectivity index (χ0v) is 14.8. The van der Waals surface area contributed by atoms with Gasteiger partial charge < -0.3 is 15.2 Å². The SMILES string of the molecule is CCC(C(=O)Nc1ccc(OC)cc1)N1CCc2[nH]nc(C(=O)O)c2C1. The van der Waals surface area contributed by atoms with Gasteiger partial charge in [-0.15, -0.1) is 0 Å². The Labute approximate surface area is 151 Å². The van der Waals surface area contributed by atoms with Gasteiger partial charge in [0.15, 0.2) is 5.69 Å². The highest BCUT2D eigenvalue weighted by Gasteiger charge is 2.31. The van der Waals surface area contributed by atoms with Crippen molar-refractivity contribution in [2.24, 2.45) is 0 Å². The van der Waals surface area contributed by atoms with Gasteiger partial charge in [0.25, 0.3) is 0 Å². The van der Waals surface area contributed by atoms with Gasteiger partial charge in [-0.2, -0.15) is 5.10 Å². The van der Waals surface area contributed by atoms with E-state index < -0.39 is 5.97 Å². The summed E-state index contributed by atoms with van der Waals surface area (Å²) >= 11 is 0. The van der Waals surface area contributed by atoms with Crippen molar-refractivity contribution in [3.63, 3.8) is 0 Å². The molecule has 1 aromatic heterocycles. The van der Waals surface area contributed by atoms with Crippen molar-refractivity contribution >= 4 is 17.6 Å². The van der Waals surface area contributed by atoms with Crippen molar-refractivity contribution in [3.8, 4) is 5.75 Å². The molecular formula is C18H22N4O4. The number of nitrogens with one attached hydrogen (secondary N) is 2. The van der Waals surface area contributed by atoms with E-state index in [-0.39, 0.29) is 17.6 Å². The number of aromatic carboxylic acids is 1. The average Bonchev–Trinajstić information content (AvgIpc) is 3.06. The van der Waals surface area contributed by atoms with Crippen LogP contribution in [0.4, 0.5) is 5.69 Å². The van der Waals surface area contributed by atoms with Gasteiger partial charge in [-0.1, -0.05) is 6.92 Å². The van der Waals surface area contributed by atoms with E-state index in [0.29, 0.717) is 37.2 Å². The first-order valence-corrected chi connectivity index (χ1v) is 8.51. The predicted molar refractivity (Wildman–Crippen MR) is 95.4 cm³/mol. The Morgan fingerprint density at radius 1 is 1.38 bits per heavy atom. The van der Waals surface area contributed by atoms with Crippen LogP contribution in [-0.2, 0) is 17.8 Å². The number of hydrogen-bond donors (Lipinski definition) is 3. The van der Waals surface area contributed by atoms with E-state index in [0.717, 1.165) is 11.4 Å². The summed E-state index contributed by atoms with van der Waals surface area (Å²) in [6.07, 6.45) is 1.26. The van der Waals surface area contributed by atoms with Crippen LogP contribution in [0.15, 0.2) is 24.3 Å². The highest BCUT2D eigenvalue weighted by molar-refractivity contribution is 5.95. The molecule has 8 heteroatoms. The molecule has 1 aliphatic heterocycles. The molecule has 138 valence electrons. The number of carbonyl (C=O) groups excluding carboxylic acids is 1. The number of carbonyl (C=O) groups is 2. The third-order valence-electron chi connectivity index (χ3n) is 4.65. The summed E-state index contributed by atoms with van der Waals surface area (Å²) in [4.78, 5) is 26.1. The first kappa shape index (κ1) is 17.9. The molecule has 26 heavy (non-hydrogen) atoms. The van der Waals surface area contributed by atoms with E-state index in [1.807, 2.05) is 11.8 Å². The normalized spacial score (nSPS) is 15.2.